The summed E-state index contributed by atoms with van der Waals surface area (Å²) in [6.07, 6.45) is 0. The molecule has 0 heterocycles. The van der Waals surface area contributed by atoms with Gasteiger partial charge in [-0.25, -0.2) is 0 Å². The maximum atomic E-state index is 7.36. The van der Waals surface area contributed by atoms with Crippen LogP contribution in [0.1, 0.15) is 0 Å². The predicted molar refractivity (Wildman–Crippen MR) is 214 cm³/mol. The van der Waals surface area contributed by atoms with E-state index < -0.39 is 15.8 Å². The highest BCUT2D eigenvalue weighted by Gasteiger charge is 2.26. The molecule has 228 valence electrons. The fourth-order valence-corrected chi connectivity index (χ4v) is 11.0. The topological polar surface area (TPSA) is 9.23 Å². The van der Waals surface area contributed by atoms with Crippen LogP contribution >= 0.6 is 34.3 Å². The summed E-state index contributed by atoms with van der Waals surface area (Å²) < 4.78 is 7.36. The number of benzene rings is 7. The fraction of sp³-hybridized carbons (Fsp3) is 0. The fourth-order valence-electron chi connectivity index (χ4n) is 5.78. The van der Waals surface area contributed by atoms with Gasteiger partial charge >= 0.3 is 0 Å². The maximum Gasteiger partial charge on any atom is 0.143 e. The molecule has 0 aliphatic rings. The summed E-state index contributed by atoms with van der Waals surface area (Å²) in [7, 11) is 3.92. The molecule has 0 amide bonds. The average Bonchev–Trinajstić information content (AvgIpc) is 3.13. The third kappa shape index (κ3) is 7.02. The number of ether oxygens (including phenoxy) is 1. The lowest BCUT2D eigenvalue weighted by atomic mass is 10.0. The Morgan fingerprint density at radius 3 is 1.34 bits per heavy atom. The van der Waals surface area contributed by atoms with Gasteiger partial charge in [0.05, 0.1) is 0 Å². The van der Waals surface area contributed by atoms with Crippen molar-refractivity contribution in [3.63, 3.8) is 0 Å². The second kappa shape index (κ2) is 14.9. The van der Waals surface area contributed by atoms with Gasteiger partial charge in [0.1, 0.15) is 11.5 Å². The molecule has 7 aromatic carbocycles. The van der Waals surface area contributed by atoms with E-state index in [-0.39, 0.29) is 0 Å². The van der Waals surface area contributed by atoms with Crippen LogP contribution in [0.15, 0.2) is 182 Å². The van der Waals surface area contributed by atoms with Crippen LogP contribution in [-0.2, 0) is 0 Å². The first-order valence-electron chi connectivity index (χ1n) is 15.5. The molecule has 0 radical (unpaired) electrons. The van der Waals surface area contributed by atoms with E-state index in [2.05, 4.69) is 200 Å². The van der Waals surface area contributed by atoms with Crippen molar-refractivity contribution >= 4 is 76.8 Å². The van der Waals surface area contributed by atoms with Crippen molar-refractivity contribution in [2.75, 3.05) is 0 Å². The van der Waals surface area contributed by atoms with Crippen molar-refractivity contribution in [2.24, 2.45) is 0 Å². The molecule has 0 bridgehead atoms. The van der Waals surface area contributed by atoms with E-state index in [1.807, 2.05) is 0 Å². The van der Waals surface area contributed by atoms with Gasteiger partial charge in [0, 0.05) is 16.2 Å². The van der Waals surface area contributed by atoms with E-state index >= 15 is 0 Å². The Hall–Kier alpha value is -3.94. The first kappa shape index (κ1) is 31.6. The summed E-state index contributed by atoms with van der Waals surface area (Å²) in [6, 6.07) is 65.2. The second-order valence-corrected chi connectivity index (χ2v) is 16.7. The Bertz CT molecular complexity index is 2010. The van der Waals surface area contributed by atoms with Gasteiger partial charge in [-0.2, -0.15) is 0 Å². The van der Waals surface area contributed by atoms with Crippen LogP contribution in [0.25, 0.3) is 11.1 Å². The van der Waals surface area contributed by atoms with E-state index in [1.54, 1.807) is 0 Å². The van der Waals surface area contributed by atoms with Gasteiger partial charge in [0.2, 0.25) is 0 Å². The number of hydrogen-bond donors (Lipinski definition) is 0. The molecule has 47 heavy (non-hydrogen) atoms. The van der Waals surface area contributed by atoms with Gasteiger partial charge in [0.15, 0.2) is 0 Å². The number of para-hydroxylation sites is 2. The predicted octanol–water partition coefficient (Wildman–Crippen LogP) is 7.66. The number of hydrogen-bond acceptors (Lipinski definition) is 1. The molecule has 1 nitrogen and oxygen atoms in total. The second-order valence-electron chi connectivity index (χ2n) is 11.1. The molecular weight excluding hydrogens is 644 g/mol. The van der Waals surface area contributed by atoms with Crippen LogP contribution in [0.2, 0.25) is 0 Å². The van der Waals surface area contributed by atoms with E-state index in [0.29, 0.717) is 0 Å². The van der Waals surface area contributed by atoms with Crippen molar-refractivity contribution in [1.29, 1.82) is 0 Å². The molecule has 2 atom stereocenters. The molecule has 0 saturated heterocycles. The smallest absolute Gasteiger partial charge is 0.143 e. The molecule has 0 aliphatic carbocycles. The minimum absolute atomic E-state index is 0.875. The Morgan fingerprint density at radius 2 is 0.830 bits per heavy atom. The summed E-state index contributed by atoms with van der Waals surface area (Å²) in [6.45, 7) is 0. The van der Waals surface area contributed by atoms with Gasteiger partial charge in [-0.1, -0.05) is 170 Å². The lowest BCUT2D eigenvalue weighted by Gasteiger charge is -2.26. The first-order chi connectivity index (χ1) is 23.2. The summed E-state index contributed by atoms with van der Waals surface area (Å²) in [4.78, 5) is 0. The zero-order chi connectivity index (χ0) is 32.0. The lowest BCUT2D eigenvalue weighted by Crippen LogP contribution is -2.24. The van der Waals surface area contributed by atoms with Crippen molar-refractivity contribution in [3.05, 3.63) is 182 Å². The van der Waals surface area contributed by atoms with Gasteiger partial charge in [-0.15, -0.1) is 18.5 Å². The molecule has 0 N–H and O–H groups in total. The zero-order valence-corrected chi connectivity index (χ0v) is 29.9. The van der Waals surface area contributed by atoms with Crippen LogP contribution in [0.5, 0.6) is 11.5 Å². The monoisotopic (exact) mass is 678 g/mol. The quantitative estimate of drug-likeness (QED) is 0.143. The Balaban J connectivity index is 1.46. The van der Waals surface area contributed by atoms with Crippen LogP contribution in [0.4, 0.5) is 0 Å². The minimum atomic E-state index is -0.925. The normalized spacial score (nSPS) is 11.1. The van der Waals surface area contributed by atoms with E-state index in [1.165, 1.54) is 31.8 Å². The highest BCUT2D eigenvalue weighted by Crippen LogP contribution is 2.44. The first-order valence-corrected chi connectivity index (χ1v) is 19.4. The molecule has 5 heteroatoms. The third-order valence-electron chi connectivity index (χ3n) is 8.01. The van der Waals surface area contributed by atoms with Crippen molar-refractivity contribution in [1.82, 2.24) is 0 Å². The number of rotatable bonds is 9. The standard InChI is InChI=1S/C42H34OP4/c44-38-29-28-31(30-39(38)45)36-24-15-27-41(47(34-20-9-3-10-21-34)35-22-11-4-12-23-35)42(36)43-37-25-13-14-26-40(37)46(32-16-5-1-6-17-32)33-18-7-2-8-19-33/h1-30H,44-45H2. The highest BCUT2D eigenvalue weighted by molar-refractivity contribution is 7.80. The Morgan fingerprint density at radius 1 is 0.383 bits per heavy atom. The molecule has 0 fully saturated rings. The van der Waals surface area contributed by atoms with E-state index in [0.717, 1.165) is 33.2 Å². The van der Waals surface area contributed by atoms with E-state index in [4.69, 9.17) is 4.74 Å². The summed E-state index contributed by atoms with van der Waals surface area (Å²) in [5.41, 5.74) is 2.20. The maximum absolute atomic E-state index is 7.36. The van der Waals surface area contributed by atoms with Crippen molar-refractivity contribution < 1.29 is 4.74 Å². The molecule has 0 spiro atoms. The van der Waals surface area contributed by atoms with Gasteiger partial charge in [-0.3, -0.25) is 0 Å². The highest BCUT2D eigenvalue weighted by atomic mass is 31.1. The molecule has 7 rings (SSSR count). The zero-order valence-electron chi connectivity index (χ0n) is 25.8. The van der Waals surface area contributed by atoms with Gasteiger partial charge in [0.25, 0.3) is 0 Å². The van der Waals surface area contributed by atoms with Crippen LogP contribution in [0.3, 0.4) is 0 Å². The third-order valence-corrected chi connectivity index (χ3v) is 14.3. The largest absolute Gasteiger partial charge is 0.455 e. The summed E-state index contributed by atoms with van der Waals surface area (Å²) >= 11 is 0. The Labute approximate surface area is 285 Å². The van der Waals surface area contributed by atoms with Gasteiger partial charge in [-0.05, 0) is 65.4 Å². The van der Waals surface area contributed by atoms with Crippen LogP contribution in [-0.4, -0.2) is 0 Å². The van der Waals surface area contributed by atoms with Crippen LogP contribution < -0.4 is 47.2 Å². The van der Waals surface area contributed by atoms with Crippen molar-refractivity contribution in [2.45, 2.75) is 0 Å². The molecule has 7 aromatic rings. The molecule has 0 aliphatic heterocycles. The Kier molecular flexibility index (Phi) is 10.0. The van der Waals surface area contributed by atoms with E-state index in [9.17, 15) is 0 Å². The van der Waals surface area contributed by atoms with Crippen LogP contribution in [0, 0.1) is 0 Å². The van der Waals surface area contributed by atoms with Crippen molar-refractivity contribution in [3.8, 4) is 22.6 Å². The SMILES string of the molecule is Pc1ccc(-c2cccc(P(c3ccccc3)c3ccccc3)c2Oc2ccccc2P(c2ccccc2)c2ccccc2)cc1P. The van der Waals surface area contributed by atoms with Gasteiger partial charge < -0.3 is 4.74 Å². The summed E-state index contributed by atoms with van der Waals surface area (Å²) in [5.74, 6) is 1.78. The minimum Gasteiger partial charge on any atom is -0.455 e. The summed E-state index contributed by atoms with van der Waals surface area (Å²) in [5, 5.41) is 9.84. The molecular formula is C42H34OP4. The molecule has 2 unspecified atom stereocenters. The average molecular weight is 679 g/mol. The molecule has 0 saturated carbocycles. The lowest BCUT2D eigenvalue weighted by molar-refractivity contribution is 0.492. The molecule has 0 aromatic heterocycles.